The molecular formula is C12H16N2OS. The molecule has 86 valence electrons. The Morgan fingerprint density at radius 1 is 1.62 bits per heavy atom. The molecular weight excluding hydrogens is 220 g/mol. The monoisotopic (exact) mass is 236 g/mol. The van der Waals surface area contributed by atoms with Crippen LogP contribution in [0.1, 0.15) is 28.7 Å². The first-order valence-corrected chi connectivity index (χ1v) is 6.13. The highest BCUT2D eigenvalue weighted by Crippen LogP contribution is 2.20. The first-order chi connectivity index (χ1) is 7.58. The SMILES string of the molecule is CCC(C#N)C(=O)NCc1cc(C)c(C)s1. The molecule has 0 aliphatic rings. The van der Waals surface area contributed by atoms with Crippen LogP contribution in [-0.4, -0.2) is 5.91 Å². The van der Waals surface area contributed by atoms with Gasteiger partial charge >= 0.3 is 0 Å². The molecule has 1 atom stereocenters. The van der Waals surface area contributed by atoms with Gasteiger partial charge in [-0.2, -0.15) is 5.26 Å². The highest BCUT2D eigenvalue weighted by Gasteiger charge is 2.14. The van der Waals surface area contributed by atoms with E-state index in [1.165, 1.54) is 10.4 Å². The number of nitrogens with one attached hydrogen (secondary N) is 1. The van der Waals surface area contributed by atoms with Gasteiger partial charge in [-0.3, -0.25) is 4.79 Å². The number of nitrogens with zero attached hydrogens (tertiary/aromatic N) is 1. The van der Waals surface area contributed by atoms with Gasteiger partial charge in [0.15, 0.2) is 0 Å². The molecule has 0 aliphatic carbocycles. The average Bonchev–Trinajstić information content (AvgIpc) is 2.57. The van der Waals surface area contributed by atoms with Crippen molar-refractivity contribution < 1.29 is 4.79 Å². The molecule has 0 spiro atoms. The largest absolute Gasteiger partial charge is 0.350 e. The Kier molecular flexibility index (Phi) is 4.51. The van der Waals surface area contributed by atoms with Crippen molar-refractivity contribution in [3.8, 4) is 6.07 Å². The van der Waals surface area contributed by atoms with Crippen LogP contribution in [0.4, 0.5) is 0 Å². The molecule has 4 heteroatoms. The van der Waals surface area contributed by atoms with Crippen LogP contribution >= 0.6 is 11.3 Å². The summed E-state index contributed by atoms with van der Waals surface area (Å²) in [5.74, 6) is -0.698. The van der Waals surface area contributed by atoms with Crippen molar-refractivity contribution in [3.05, 3.63) is 21.4 Å². The molecule has 0 saturated carbocycles. The van der Waals surface area contributed by atoms with Gasteiger partial charge < -0.3 is 5.32 Å². The summed E-state index contributed by atoms with van der Waals surface area (Å²) in [7, 11) is 0. The van der Waals surface area contributed by atoms with Crippen LogP contribution in [0.25, 0.3) is 0 Å². The second-order valence-corrected chi connectivity index (χ2v) is 5.10. The van der Waals surface area contributed by atoms with E-state index >= 15 is 0 Å². The number of carbonyl (C=O) groups excluding carboxylic acids is 1. The van der Waals surface area contributed by atoms with Crippen LogP contribution in [0.5, 0.6) is 0 Å². The molecule has 1 N–H and O–H groups in total. The Balaban J connectivity index is 2.52. The second kappa shape index (κ2) is 5.66. The fraction of sp³-hybridized carbons (Fsp3) is 0.500. The summed E-state index contributed by atoms with van der Waals surface area (Å²) >= 11 is 1.69. The summed E-state index contributed by atoms with van der Waals surface area (Å²) in [4.78, 5) is 14.0. The molecule has 1 aromatic rings. The summed E-state index contributed by atoms with van der Waals surface area (Å²) in [5.41, 5.74) is 1.25. The Morgan fingerprint density at radius 3 is 2.75 bits per heavy atom. The predicted octanol–water partition coefficient (Wildman–Crippen LogP) is 2.53. The van der Waals surface area contributed by atoms with Gasteiger partial charge in [-0.1, -0.05) is 6.92 Å². The minimum Gasteiger partial charge on any atom is -0.350 e. The van der Waals surface area contributed by atoms with Crippen molar-refractivity contribution in [2.24, 2.45) is 5.92 Å². The van der Waals surface area contributed by atoms with Crippen LogP contribution in [0.2, 0.25) is 0 Å². The van der Waals surface area contributed by atoms with Crippen molar-refractivity contribution in [2.75, 3.05) is 0 Å². The van der Waals surface area contributed by atoms with Gasteiger partial charge in [0, 0.05) is 9.75 Å². The third kappa shape index (κ3) is 3.07. The maximum atomic E-state index is 11.5. The van der Waals surface area contributed by atoms with E-state index in [4.69, 9.17) is 5.26 Å². The lowest BCUT2D eigenvalue weighted by Gasteiger charge is -2.06. The van der Waals surface area contributed by atoms with E-state index in [0.717, 1.165) is 4.88 Å². The standard InChI is InChI=1S/C12H16N2OS/c1-4-10(6-13)12(15)14-7-11-5-8(2)9(3)16-11/h5,10H,4,7H2,1-3H3,(H,14,15). The molecule has 0 aliphatic heterocycles. The highest BCUT2D eigenvalue weighted by atomic mass is 32.1. The topological polar surface area (TPSA) is 52.9 Å². The van der Waals surface area contributed by atoms with Gasteiger partial charge in [0.2, 0.25) is 5.91 Å². The van der Waals surface area contributed by atoms with E-state index in [2.05, 4.69) is 25.2 Å². The molecule has 0 aromatic carbocycles. The van der Waals surface area contributed by atoms with Crippen molar-refractivity contribution in [1.82, 2.24) is 5.32 Å². The minimum absolute atomic E-state index is 0.172. The van der Waals surface area contributed by atoms with Gasteiger partial charge in [-0.25, -0.2) is 0 Å². The lowest BCUT2D eigenvalue weighted by molar-refractivity contribution is -0.123. The smallest absolute Gasteiger partial charge is 0.237 e. The molecule has 1 unspecified atom stereocenters. The third-order valence-electron chi connectivity index (χ3n) is 2.53. The minimum atomic E-state index is -0.526. The molecule has 1 heterocycles. The van der Waals surface area contributed by atoms with Gasteiger partial charge in [0.05, 0.1) is 12.6 Å². The summed E-state index contributed by atoms with van der Waals surface area (Å²) in [5, 5.41) is 11.5. The average molecular weight is 236 g/mol. The number of rotatable bonds is 4. The van der Waals surface area contributed by atoms with Crippen LogP contribution < -0.4 is 5.32 Å². The van der Waals surface area contributed by atoms with E-state index in [0.29, 0.717) is 13.0 Å². The molecule has 0 fully saturated rings. The maximum Gasteiger partial charge on any atom is 0.237 e. The molecule has 1 rings (SSSR count). The molecule has 1 aromatic heterocycles. The zero-order chi connectivity index (χ0) is 12.1. The van der Waals surface area contributed by atoms with Crippen LogP contribution in [0.3, 0.4) is 0 Å². The summed E-state index contributed by atoms with van der Waals surface area (Å²) in [6.45, 7) is 6.49. The van der Waals surface area contributed by atoms with E-state index in [1.54, 1.807) is 11.3 Å². The first-order valence-electron chi connectivity index (χ1n) is 5.31. The van der Waals surface area contributed by atoms with Gasteiger partial charge in [0.1, 0.15) is 5.92 Å². The third-order valence-corrected chi connectivity index (χ3v) is 3.69. The Bertz CT molecular complexity index is 398. The van der Waals surface area contributed by atoms with Crippen molar-refractivity contribution in [1.29, 1.82) is 5.26 Å². The molecule has 0 saturated heterocycles. The van der Waals surface area contributed by atoms with Crippen molar-refractivity contribution in [3.63, 3.8) is 0 Å². The predicted molar refractivity (Wildman–Crippen MR) is 65.0 cm³/mol. The zero-order valence-corrected chi connectivity index (χ0v) is 10.6. The Hall–Kier alpha value is -1.34. The van der Waals surface area contributed by atoms with E-state index in [9.17, 15) is 4.79 Å². The number of carbonyl (C=O) groups is 1. The van der Waals surface area contributed by atoms with Gasteiger partial charge in [-0.05, 0) is 31.9 Å². The molecule has 3 nitrogen and oxygen atoms in total. The number of hydrogen-bond acceptors (Lipinski definition) is 3. The summed E-state index contributed by atoms with van der Waals surface area (Å²) < 4.78 is 0. The number of aryl methyl sites for hydroxylation is 2. The summed E-state index contributed by atoms with van der Waals surface area (Å²) in [6.07, 6.45) is 0.560. The van der Waals surface area contributed by atoms with Crippen LogP contribution in [0, 0.1) is 31.1 Å². The normalized spacial score (nSPS) is 11.9. The molecule has 16 heavy (non-hydrogen) atoms. The van der Waals surface area contributed by atoms with E-state index in [1.807, 2.05) is 13.0 Å². The molecule has 0 bridgehead atoms. The van der Waals surface area contributed by atoms with Crippen molar-refractivity contribution in [2.45, 2.75) is 33.7 Å². The number of thiophene rings is 1. The lowest BCUT2D eigenvalue weighted by atomic mass is 10.1. The number of amides is 1. The number of nitriles is 1. The maximum absolute atomic E-state index is 11.5. The van der Waals surface area contributed by atoms with Gasteiger partial charge in [0.25, 0.3) is 0 Å². The van der Waals surface area contributed by atoms with E-state index in [-0.39, 0.29) is 5.91 Å². The fourth-order valence-electron chi connectivity index (χ4n) is 1.37. The summed E-state index contributed by atoms with van der Waals surface area (Å²) in [6, 6.07) is 4.07. The second-order valence-electron chi connectivity index (χ2n) is 3.76. The van der Waals surface area contributed by atoms with Crippen molar-refractivity contribution >= 4 is 17.2 Å². The Labute approximate surface area is 100 Å². The highest BCUT2D eigenvalue weighted by molar-refractivity contribution is 7.12. The zero-order valence-electron chi connectivity index (χ0n) is 9.83. The lowest BCUT2D eigenvalue weighted by Crippen LogP contribution is -2.28. The quantitative estimate of drug-likeness (QED) is 0.873. The molecule has 0 radical (unpaired) electrons. The fourth-order valence-corrected chi connectivity index (χ4v) is 2.36. The van der Waals surface area contributed by atoms with E-state index < -0.39 is 5.92 Å². The Morgan fingerprint density at radius 2 is 2.31 bits per heavy atom. The number of hydrogen-bond donors (Lipinski definition) is 1. The van der Waals surface area contributed by atoms with Crippen LogP contribution in [0.15, 0.2) is 6.07 Å². The van der Waals surface area contributed by atoms with Gasteiger partial charge in [-0.15, -0.1) is 11.3 Å². The van der Waals surface area contributed by atoms with Crippen LogP contribution in [-0.2, 0) is 11.3 Å². The molecule has 1 amide bonds. The first kappa shape index (κ1) is 12.7.